The van der Waals surface area contributed by atoms with Gasteiger partial charge < -0.3 is 9.47 Å². The Morgan fingerprint density at radius 3 is 3.05 bits per heavy atom. The Kier molecular flexibility index (Phi) is 4.10. The highest BCUT2D eigenvalue weighted by Gasteiger charge is 2.25. The van der Waals surface area contributed by atoms with Gasteiger partial charge in [0.15, 0.2) is 0 Å². The van der Waals surface area contributed by atoms with E-state index in [4.69, 9.17) is 15.3 Å². The van der Waals surface area contributed by atoms with Crippen LogP contribution >= 0.6 is 11.3 Å². The lowest BCUT2D eigenvalue weighted by Crippen LogP contribution is -2.50. The molecule has 2 unspecified atom stereocenters. The molecule has 1 fully saturated rings. The first-order valence-corrected chi connectivity index (χ1v) is 7.37. The molecule has 1 saturated heterocycles. The second-order valence-electron chi connectivity index (χ2n) is 4.72. The highest BCUT2D eigenvalue weighted by atomic mass is 32.1. The standard InChI is InChI=1S/C14H18N2O2S/c15-16-12(13-8-17-5-6-18-13)7-10-9-19-14-4-2-1-3-11(10)14/h1-4,9,12-13,16H,5-8,15H2. The molecule has 0 aliphatic carbocycles. The van der Waals surface area contributed by atoms with E-state index in [0.29, 0.717) is 19.8 Å². The van der Waals surface area contributed by atoms with E-state index in [0.717, 1.165) is 6.42 Å². The van der Waals surface area contributed by atoms with Crippen molar-refractivity contribution in [3.05, 3.63) is 35.2 Å². The molecule has 1 aromatic carbocycles. The number of hydrogen-bond donors (Lipinski definition) is 2. The van der Waals surface area contributed by atoms with E-state index in [9.17, 15) is 0 Å². The van der Waals surface area contributed by atoms with E-state index < -0.39 is 0 Å². The van der Waals surface area contributed by atoms with E-state index in [2.05, 4.69) is 35.1 Å². The molecule has 1 aromatic heterocycles. The van der Waals surface area contributed by atoms with Crippen LogP contribution in [0.4, 0.5) is 0 Å². The minimum absolute atomic E-state index is 0.0254. The van der Waals surface area contributed by atoms with E-state index in [1.807, 2.05) is 0 Å². The number of ether oxygens (including phenoxy) is 2. The van der Waals surface area contributed by atoms with E-state index in [1.54, 1.807) is 11.3 Å². The molecule has 102 valence electrons. The Labute approximate surface area is 116 Å². The third kappa shape index (κ3) is 2.80. The monoisotopic (exact) mass is 278 g/mol. The van der Waals surface area contributed by atoms with Gasteiger partial charge in [-0.1, -0.05) is 18.2 Å². The molecule has 1 aliphatic heterocycles. The van der Waals surface area contributed by atoms with Crippen LogP contribution in [-0.4, -0.2) is 32.0 Å². The average molecular weight is 278 g/mol. The van der Waals surface area contributed by atoms with Crippen molar-refractivity contribution in [2.45, 2.75) is 18.6 Å². The predicted molar refractivity (Wildman–Crippen MR) is 77.2 cm³/mol. The fourth-order valence-corrected chi connectivity index (χ4v) is 3.44. The van der Waals surface area contributed by atoms with Crippen molar-refractivity contribution in [3.63, 3.8) is 0 Å². The van der Waals surface area contributed by atoms with Gasteiger partial charge in [0.1, 0.15) is 0 Å². The number of hydrogen-bond acceptors (Lipinski definition) is 5. The fraction of sp³-hybridized carbons (Fsp3) is 0.429. The number of nitrogens with one attached hydrogen (secondary N) is 1. The van der Waals surface area contributed by atoms with Gasteiger partial charge in [0.2, 0.25) is 0 Å². The zero-order valence-electron chi connectivity index (χ0n) is 10.7. The molecule has 5 heteroatoms. The summed E-state index contributed by atoms with van der Waals surface area (Å²) in [4.78, 5) is 0. The molecule has 19 heavy (non-hydrogen) atoms. The van der Waals surface area contributed by atoms with Crippen molar-refractivity contribution in [1.82, 2.24) is 5.43 Å². The van der Waals surface area contributed by atoms with Gasteiger partial charge >= 0.3 is 0 Å². The molecule has 0 radical (unpaired) electrons. The summed E-state index contributed by atoms with van der Waals surface area (Å²) >= 11 is 1.77. The molecule has 0 amide bonds. The van der Waals surface area contributed by atoms with Crippen molar-refractivity contribution in [2.75, 3.05) is 19.8 Å². The molecule has 1 aliphatic rings. The summed E-state index contributed by atoms with van der Waals surface area (Å²) in [5.74, 6) is 5.68. The second kappa shape index (κ2) is 5.98. The maximum atomic E-state index is 5.73. The Bertz CT molecular complexity index is 537. The van der Waals surface area contributed by atoms with Crippen molar-refractivity contribution >= 4 is 21.4 Å². The number of hydrazine groups is 1. The van der Waals surface area contributed by atoms with E-state index >= 15 is 0 Å². The average Bonchev–Trinajstić information content (AvgIpc) is 2.89. The third-order valence-electron chi connectivity index (χ3n) is 3.51. The van der Waals surface area contributed by atoms with Crippen molar-refractivity contribution in [1.29, 1.82) is 0 Å². The van der Waals surface area contributed by atoms with Gasteiger partial charge in [0, 0.05) is 4.70 Å². The first-order valence-electron chi connectivity index (χ1n) is 6.49. The van der Waals surface area contributed by atoms with Crippen LogP contribution in [0.2, 0.25) is 0 Å². The Morgan fingerprint density at radius 1 is 1.37 bits per heavy atom. The van der Waals surface area contributed by atoms with Gasteiger partial charge in [-0.2, -0.15) is 0 Å². The van der Waals surface area contributed by atoms with Gasteiger partial charge in [-0.3, -0.25) is 11.3 Å². The molecule has 4 nitrogen and oxygen atoms in total. The molecular weight excluding hydrogens is 260 g/mol. The largest absolute Gasteiger partial charge is 0.376 e. The van der Waals surface area contributed by atoms with Crippen LogP contribution in [-0.2, 0) is 15.9 Å². The second-order valence-corrected chi connectivity index (χ2v) is 5.63. The minimum atomic E-state index is 0.0254. The number of rotatable bonds is 4. The summed E-state index contributed by atoms with van der Waals surface area (Å²) < 4.78 is 12.5. The Hall–Kier alpha value is -0.980. The molecule has 0 spiro atoms. The Morgan fingerprint density at radius 2 is 2.26 bits per heavy atom. The summed E-state index contributed by atoms with van der Waals surface area (Å²) in [6.45, 7) is 1.93. The molecule has 2 atom stereocenters. The smallest absolute Gasteiger partial charge is 0.0978 e. The molecule has 3 N–H and O–H groups in total. The molecule has 0 bridgehead atoms. The molecule has 2 aromatic rings. The van der Waals surface area contributed by atoms with Crippen LogP contribution in [0.5, 0.6) is 0 Å². The maximum Gasteiger partial charge on any atom is 0.0978 e. The lowest BCUT2D eigenvalue weighted by molar-refractivity contribution is -0.101. The van der Waals surface area contributed by atoms with Gasteiger partial charge in [-0.15, -0.1) is 11.3 Å². The number of nitrogens with two attached hydrogens (primary N) is 1. The van der Waals surface area contributed by atoms with E-state index in [-0.39, 0.29) is 12.1 Å². The van der Waals surface area contributed by atoms with E-state index in [1.165, 1.54) is 15.6 Å². The zero-order valence-corrected chi connectivity index (χ0v) is 11.5. The first kappa shape index (κ1) is 13.0. The molecule has 3 rings (SSSR count). The van der Waals surface area contributed by atoms with Crippen molar-refractivity contribution in [3.8, 4) is 0 Å². The number of thiophene rings is 1. The quantitative estimate of drug-likeness (QED) is 0.660. The first-order chi connectivity index (χ1) is 9.38. The summed E-state index contributed by atoms with van der Waals surface area (Å²) in [5.41, 5.74) is 4.19. The molecule has 0 saturated carbocycles. The third-order valence-corrected chi connectivity index (χ3v) is 4.52. The van der Waals surface area contributed by atoms with Crippen LogP contribution in [0.25, 0.3) is 10.1 Å². The highest BCUT2D eigenvalue weighted by molar-refractivity contribution is 7.17. The molecular formula is C14H18N2O2S. The number of benzene rings is 1. The lowest BCUT2D eigenvalue weighted by atomic mass is 10.0. The summed E-state index contributed by atoms with van der Waals surface area (Å²) in [5, 5.41) is 3.52. The van der Waals surface area contributed by atoms with Gasteiger partial charge in [0.05, 0.1) is 32.0 Å². The van der Waals surface area contributed by atoms with Crippen LogP contribution in [0, 0.1) is 0 Å². The predicted octanol–water partition coefficient (Wildman–Crippen LogP) is 1.69. The highest BCUT2D eigenvalue weighted by Crippen LogP contribution is 2.27. The topological polar surface area (TPSA) is 56.5 Å². The van der Waals surface area contributed by atoms with Crippen LogP contribution < -0.4 is 11.3 Å². The summed E-state index contributed by atoms with van der Waals surface area (Å²) in [6, 6.07) is 8.53. The zero-order chi connectivity index (χ0) is 13.1. The van der Waals surface area contributed by atoms with Crippen LogP contribution in [0.1, 0.15) is 5.56 Å². The van der Waals surface area contributed by atoms with Gasteiger partial charge in [0.25, 0.3) is 0 Å². The SMILES string of the molecule is NNC(Cc1csc2ccccc12)C1COCCO1. The maximum absolute atomic E-state index is 5.73. The summed E-state index contributed by atoms with van der Waals surface area (Å²) in [6.07, 6.45) is 0.881. The Balaban J connectivity index is 1.78. The van der Waals surface area contributed by atoms with Crippen molar-refractivity contribution < 1.29 is 9.47 Å². The van der Waals surface area contributed by atoms with Crippen LogP contribution in [0.3, 0.4) is 0 Å². The normalized spacial score (nSPS) is 21.6. The lowest BCUT2D eigenvalue weighted by Gasteiger charge is -2.29. The number of fused-ring (bicyclic) bond motifs is 1. The fourth-order valence-electron chi connectivity index (χ4n) is 2.46. The van der Waals surface area contributed by atoms with Gasteiger partial charge in [-0.05, 0) is 28.8 Å². The van der Waals surface area contributed by atoms with Crippen molar-refractivity contribution in [2.24, 2.45) is 5.84 Å². The summed E-state index contributed by atoms with van der Waals surface area (Å²) in [7, 11) is 0. The van der Waals surface area contributed by atoms with Crippen LogP contribution in [0.15, 0.2) is 29.6 Å². The minimum Gasteiger partial charge on any atom is -0.376 e. The molecule has 2 heterocycles. The van der Waals surface area contributed by atoms with Gasteiger partial charge in [-0.25, -0.2) is 0 Å².